The van der Waals surface area contributed by atoms with Crippen LogP contribution in [0.1, 0.15) is 205 Å². The number of aliphatic carboxylic acids is 7. The van der Waals surface area contributed by atoms with Crippen LogP contribution in [0.3, 0.4) is 0 Å². The minimum Gasteiger partial charge on any atom is -0.513 e. The molecule has 25 N–H and O–H groups in total. The van der Waals surface area contributed by atoms with Crippen LogP contribution in [0.25, 0.3) is 0 Å². The molecule has 0 atom stereocenters. The number of benzene rings is 5. The zero-order valence-electron chi connectivity index (χ0n) is 74.0. The third-order valence-electron chi connectivity index (χ3n) is 14.8. The van der Waals surface area contributed by atoms with Crippen molar-refractivity contribution in [3.05, 3.63) is 172 Å². The van der Waals surface area contributed by atoms with Crippen molar-refractivity contribution in [2.24, 2.45) is 10.3 Å². The Morgan fingerprint density at radius 1 is 0.288 bits per heavy atom. The summed E-state index contributed by atoms with van der Waals surface area (Å²) in [5.74, 6) is -11.7. The average Bonchev–Trinajstić information content (AvgIpc) is 0.857. The Morgan fingerprint density at radius 2 is 0.598 bits per heavy atom. The van der Waals surface area contributed by atoms with Crippen molar-refractivity contribution < 1.29 is 174 Å². The highest BCUT2D eigenvalue weighted by molar-refractivity contribution is 7.89. The molecule has 5 aromatic carbocycles. The first kappa shape index (κ1) is 129. The summed E-state index contributed by atoms with van der Waals surface area (Å²) in [7, 11) is -6.97. The Labute approximate surface area is 761 Å². The third kappa shape index (κ3) is 95.1. The Hall–Kier alpha value is -14.0. The highest BCUT2D eigenvalue weighted by Gasteiger charge is 2.12. The number of carbonyl (C=O) groups is 19. The number of aryl methyl sites for hydroxylation is 2. The molecular formula is C85H121N9O36S2. The molecule has 0 aliphatic heterocycles. The van der Waals surface area contributed by atoms with Gasteiger partial charge >= 0.3 is 71.6 Å². The number of anilines is 3. The summed E-state index contributed by atoms with van der Waals surface area (Å²) >= 11 is 0. The van der Waals surface area contributed by atoms with Gasteiger partial charge in [-0.25, -0.2) is 51.1 Å². The molecule has 0 radical (unpaired) electrons. The maximum absolute atomic E-state index is 10.9. The molecule has 5 rings (SSSR count). The van der Waals surface area contributed by atoms with E-state index < -0.39 is 104 Å². The molecule has 0 amide bonds. The first-order valence-electron chi connectivity index (χ1n) is 39.4. The first-order chi connectivity index (χ1) is 61.2. The normalized spacial score (nSPS) is 9.83. The third-order valence-corrected chi connectivity index (χ3v) is 16.4. The fraction of sp³-hybridized carbons (Fsp3) is 0.400. The number of nitrogen functional groups attached to an aromatic ring is 1. The number of carboxylic acids is 12. The molecule has 5 aromatic rings. The van der Waals surface area contributed by atoms with Gasteiger partial charge in [-0.1, -0.05) is 30.8 Å². The highest BCUT2D eigenvalue weighted by atomic mass is 32.2. The van der Waals surface area contributed by atoms with Gasteiger partial charge in [-0.2, -0.15) is 0 Å². The molecule has 0 saturated heterocycles. The number of primary sulfonamides is 2. The van der Waals surface area contributed by atoms with Crippen LogP contribution in [-0.4, -0.2) is 272 Å². The number of allylic oxidation sites excluding steroid dienone is 1. The van der Waals surface area contributed by atoms with Crippen LogP contribution >= 0.6 is 0 Å². The second kappa shape index (κ2) is 77.0. The van der Waals surface area contributed by atoms with Gasteiger partial charge in [0, 0.05) is 87.5 Å². The zero-order valence-corrected chi connectivity index (χ0v) is 75.7. The number of sulfonamides is 2. The molecule has 45 nitrogen and oxygen atoms in total. The molecule has 0 heterocycles. The van der Waals surface area contributed by atoms with E-state index in [0.29, 0.717) is 80.7 Å². The maximum atomic E-state index is 10.9. The summed E-state index contributed by atoms with van der Waals surface area (Å²) in [6.07, 6.45) is 6.76. The molecule has 0 aromatic heterocycles. The molecule has 0 fully saturated rings. The van der Waals surface area contributed by atoms with E-state index in [0.717, 1.165) is 48.9 Å². The number of nitrogens with one attached hydrogen (secondary N) is 6. The SMILES string of the molecule is C=C(O)CCCS(N)(=O)=O.CC(=O)CCCCc1ccc(C(=O)O)cc1.CC(=O)CCCc1ccc(C(=O)O)cc1.CC(=O)CCNCC(=O)O.CC(=O)CCNCCC(=O)O.CC(=O)CNCC(=O)O.CC(=O)CNc1ccc(C(=O)O)cc1.CC(=O)c1cc(N)cc(C(=O)O)c1.NS(=O)(=O)CCC(=O)O.O=C(O)CCNCC(=O)O.O=C(O)CCNc1ccc(C(=O)O)cc1. The summed E-state index contributed by atoms with van der Waals surface area (Å²) in [5.41, 5.74) is 10.7. The smallest absolute Gasteiger partial charge is 0.335 e. The quantitative estimate of drug-likeness (QED) is 0.00955. The Balaban J connectivity index is -0.000000333. The van der Waals surface area contributed by atoms with Crippen molar-refractivity contribution in [1.29, 1.82) is 0 Å². The van der Waals surface area contributed by atoms with Gasteiger partial charge in [-0.15, -0.1) is 0 Å². The predicted octanol–water partition coefficient (Wildman–Crippen LogP) is 5.74. The second-order valence-electron chi connectivity index (χ2n) is 27.4. The number of unbranched alkanes of at least 4 members (excludes halogenated alkanes) is 1. The van der Waals surface area contributed by atoms with E-state index in [1.165, 1.54) is 77.1 Å². The molecule has 0 saturated carbocycles. The van der Waals surface area contributed by atoms with E-state index in [1.807, 2.05) is 12.1 Å². The molecule has 0 spiro atoms. The lowest BCUT2D eigenvalue weighted by Gasteiger charge is -2.04. The van der Waals surface area contributed by atoms with Crippen molar-refractivity contribution in [2.45, 2.75) is 145 Å². The molecule has 47 heteroatoms. The van der Waals surface area contributed by atoms with Crippen molar-refractivity contribution in [2.75, 3.05) is 93.3 Å². The van der Waals surface area contributed by atoms with Crippen molar-refractivity contribution in [3.8, 4) is 0 Å². The Morgan fingerprint density at radius 3 is 0.917 bits per heavy atom. The number of Topliss-reactive ketones (excluding diaryl/α,β-unsaturated/α-hetero) is 7. The monoisotopic (exact) mass is 1910 g/mol. The first-order valence-corrected chi connectivity index (χ1v) is 42.8. The van der Waals surface area contributed by atoms with E-state index in [9.17, 15) is 108 Å². The van der Waals surface area contributed by atoms with E-state index >= 15 is 0 Å². The number of aliphatic hydroxyl groups excluding tert-OH is 1. The number of hydrogen-bond donors (Lipinski definition) is 22. The van der Waals surface area contributed by atoms with Crippen LogP contribution in [0.15, 0.2) is 128 Å². The molecule has 0 aliphatic carbocycles. The fourth-order valence-corrected chi connectivity index (χ4v) is 9.35. The lowest BCUT2D eigenvalue weighted by molar-refractivity contribution is -0.138. The highest BCUT2D eigenvalue weighted by Crippen LogP contribution is 2.15. The molecular weight excluding hydrogens is 1790 g/mol. The van der Waals surface area contributed by atoms with E-state index in [-0.39, 0.29) is 139 Å². The van der Waals surface area contributed by atoms with Crippen molar-refractivity contribution in [3.63, 3.8) is 0 Å². The van der Waals surface area contributed by atoms with Crippen LogP contribution in [0, 0.1) is 0 Å². The zero-order chi connectivity index (χ0) is 103. The molecule has 0 aliphatic rings. The standard InChI is InChI=1S/C13H16O3.C12H14O3.C10H11NO4.C10H11NO3.C9H9NO3.C7H13NO3.C6H11NO3.C5H9NO4.C5H11NO3S.C5H9NO3.C3H7NO4S/c1-10(14)4-2-3-5-11-6-8-12(9-7-11)13(15)16;1-9(13)3-2-4-10-5-7-11(8-6-10)12(14)15;12-9(13)5-6-11-8-3-1-7(2-4-8)10(14)15;1-7(12)6-11-9-4-2-8(3-5-9)10(13)14;1-5(11)6-2-7(9(12)13)4-8(10)3-6;1-6(9)2-4-8-5-3-7(10)11;1-5(8)2-3-7-4-6(9)10;7-4(8)1-2-6-3-5(9)10;1-5(7)3-2-4-10(6,8)9;1-4(7)2-6-3-5(8)9;4-9(7,8)2-1-3(5)6/h6-9H,2-5H2,1H3,(H,15,16);5-8H,2-4H2,1H3,(H,14,15);1-4,11H,5-6H2,(H,12,13)(H,14,15);2-5,11H,6H2,1H3,(H,13,14);2-4H,10H2,1H3,(H,12,13);8H,2-5H2,1H3,(H,10,11);7H,2-4H2,1H3,(H,9,10);6H,1-3H2,(H,7,8)(H,9,10);7H,1-4H2,(H2,6,8,9);6H,2-3H2,1H3,(H,8,9);1-2H2,(H,5,6)(H2,4,7,8). The topological polar surface area (TPSA) is 806 Å². The number of ketones is 7. The van der Waals surface area contributed by atoms with Crippen LogP contribution in [0.5, 0.6) is 0 Å². The minimum atomic E-state index is -3.60. The van der Waals surface area contributed by atoms with Crippen LogP contribution in [0.2, 0.25) is 0 Å². The molecule has 0 bridgehead atoms. The average molecular weight is 1910 g/mol. The van der Waals surface area contributed by atoms with Crippen molar-refractivity contribution in [1.82, 2.24) is 21.3 Å². The summed E-state index contributed by atoms with van der Waals surface area (Å²) in [6, 6.07) is 30.1. The number of carboxylic acid groups (broad SMARTS) is 12. The minimum absolute atomic E-state index is 0.0105. The van der Waals surface area contributed by atoms with Gasteiger partial charge in [0.15, 0.2) is 5.78 Å². The van der Waals surface area contributed by atoms with Crippen LogP contribution < -0.4 is 47.9 Å². The number of aromatic carboxylic acids is 5. The van der Waals surface area contributed by atoms with E-state index in [2.05, 4.69) is 48.8 Å². The number of carbonyl (C=O) groups excluding carboxylic acids is 7. The number of hydrogen-bond acceptors (Lipinski definition) is 31. The lowest BCUT2D eigenvalue weighted by atomic mass is 10.0. The van der Waals surface area contributed by atoms with Gasteiger partial charge in [0.1, 0.15) is 34.7 Å². The van der Waals surface area contributed by atoms with Crippen molar-refractivity contribution >= 4 is 149 Å². The Kier molecular flexibility index (Phi) is 75.1. The molecule has 132 heavy (non-hydrogen) atoms. The van der Waals surface area contributed by atoms with E-state index in [4.69, 9.17) is 72.1 Å². The van der Waals surface area contributed by atoms with Gasteiger partial charge in [0.25, 0.3) is 0 Å². The Bertz CT molecular complexity index is 4520. The summed E-state index contributed by atoms with van der Waals surface area (Å²) in [6.45, 7) is 15.5. The van der Waals surface area contributed by atoms with Gasteiger partial charge < -0.3 is 114 Å². The van der Waals surface area contributed by atoms with Crippen LogP contribution in [-0.2, 0) is 95.2 Å². The summed E-state index contributed by atoms with van der Waals surface area (Å²) < 4.78 is 40.7. The van der Waals surface area contributed by atoms with Gasteiger partial charge in [0.2, 0.25) is 20.0 Å². The predicted molar refractivity (Wildman–Crippen MR) is 483 cm³/mol. The fourth-order valence-electron chi connectivity index (χ4n) is 8.34. The lowest BCUT2D eigenvalue weighted by Crippen LogP contribution is -2.26. The number of nitrogens with two attached hydrogens (primary N) is 3. The maximum Gasteiger partial charge on any atom is 0.335 e. The summed E-state index contributed by atoms with van der Waals surface area (Å²) in [5, 5.41) is 134. The van der Waals surface area contributed by atoms with Gasteiger partial charge in [0.05, 0.1) is 103 Å². The number of rotatable bonds is 49. The van der Waals surface area contributed by atoms with Crippen LogP contribution in [0.4, 0.5) is 17.1 Å². The van der Waals surface area contributed by atoms with E-state index in [1.54, 1.807) is 74.5 Å². The second-order valence-corrected chi connectivity index (χ2v) is 30.9. The largest absolute Gasteiger partial charge is 0.513 e. The van der Waals surface area contributed by atoms with Gasteiger partial charge in [-0.05, 0) is 189 Å². The molecule has 734 valence electrons. The summed E-state index contributed by atoms with van der Waals surface area (Å²) in [4.78, 5) is 196. The van der Waals surface area contributed by atoms with Gasteiger partial charge in [-0.3, -0.25) is 57.5 Å². The number of aliphatic hydroxyl groups is 1. The molecule has 0 unspecified atom stereocenters.